The van der Waals surface area contributed by atoms with E-state index in [0.717, 1.165) is 26.2 Å². The van der Waals surface area contributed by atoms with E-state index in [9.17, 15) is 0 Å². The summed E-state index contributed by atoms with van der Waals surface area (Å²) >= 11 is 0. The Hall–Kier alpha value is -0.160. The van der Waals surface area contributed by atoms with E-state index in [-0.39, 0.29) is 5.54 Å². The molecule has 0 amide bonds. The number of hydrogen-bond acceptors (Lipinski definition) is 4. The minimum Gasteiger partial charge on any atom is -0.372 e. The molecule has 1 rings (SSSR count). The molecule has 1 N–H and O–H groups in total. The van der Waals surface area contributed by atoms with Gasteiger partial charge in [0.2, 0.25) is 0 Å². The molecule has 126 valence electrons. The van der Waals surface area contributed by atoms with Crippen LogP contribution in [0.2, 0.25) is 0 Å². The number of nitrogens with zero attached hydrogens (tertiary/aromatic N) is 2. The van der Waals surface area contributed by atoms with Crippen molar-refractivity contribution in [1.29, 1.82) is 0 Å². The number of hydrogen-bond donors (Lipinski definition) is 1. The van der Waals surface area contributed by atoms with Gasteiger partial charge in [-0.15, -0.1) is 0 Å². The quantitative estimate of drug-likeness (QED) is 0.706. The highest BCUT2D eigenvalue weighted by Crippen LogP contribution is 2.20. The fourth-order valence-electron chi connectivity index (χ4n) is 2.72. The van der Waals surface area contributed by atoms with Crippen LogP contribution < -0.4 is 5.32 Å². The van der Waals surface area contributed by atoms with E-state index in [0.29, 0.717) is 12.2 Å². The Kier molecular flexibility index (Phi) is 8.17. The lowest BCUT2D eigenvalue weighted by molar-refractivity contribution is 0.0199. The molecule has 0 saturated carbocycles. The maximum Gasteiger partial charge on any atom is 0.0707 e. The van der Waals surface area contributed by atoms with E-state index >= 15 is 0 Å². The minimum absolute atomic E-state index is 0.182. The number of ether oxygens (including phenoxy) is 1. The summed E-state index contributed by atoms with van der Waals surface area (Å²) in [6, 6.07) is 0. The zero-order valence-electron chi connectivity index (χ0n) is 15.1. The first-order valence-corrected chi connectivity index (χ1v) is 8.57. The predicted molar refractivity (Wildman–Crippen MR) is 90.9 cm³/mol. The fourth-order valence-corrected chi connectivity index (χ4v) is 2.72. The topological polar surface area (TPSA) is 27.7 Å². The van der Waals surface area contributed by atoms with Crippen LogP contribution in [0.1, 0.15) is 47.0 Å². The largest absolute Gasteiger partial charge is 0.372 e. The summed E-state index contributed by atoms with van der Waals surface area (Å²) in [6.07, 6.45) is 4.44. The van der Waals surface area contributed by atoms with Gasteiger partial charge < -0.3 is 15.0 Å². The Balaban J connectivity index is 2.30. The molecule has 0 aromatic rings. The van der Waals surface area contributed by atoms with Gasteiger partial charge in [-0.3, -0.25) is 4.90 Å². The van der Waals surface area contributed by atoms with Crippen LogP contribution >= 0.6 is 0 Å². The Morgan fingerprint density at radius 3 is 2.29 bits per heavy atom. The van der Waals surface area contributed by atoms with E-state index in [2.05, 4.69) is 56.9 Å². The van der Waals surface area contributed by atoms with Crippen LogP contribution in [0.25, 0.3) is 0 Å². The Morgan fingerprint density at radius 2 is 1.71 bits per heavy atom. The van der Waals surface area contributed by atoms with Crippen LogP contribution in [-0.4, -0.2) is 74.4 Å². The van der Waals surface area contributed by atoms with Crippen molar-refractivity contribution in [3.05, 3.63) is 0 Å². The molecule has 1 heterocycles. The first-order chi connectivity index (χ1) is 9.80. The van der Waals surface area contributed by atoms with E-state index in [1.807, 2.05) is 0 Å². The van der Waals surface area contributed by atoms with Crippen molar-refractivity contribution in [1.82, 2.24) is 15.1 Å². The molecular formula is C17H37N3O. The summed E-state index contributed by atoms with van der Waals surface area (Å²) in [7, 11) is 4.29. The molecule has 1 aliphatic rings. The molecule has 2 unspecified atom stereocenters. The molecular weight excluding hydrogens is 262 g/mol. The molecule has 1 fully saturated rings. The zero-order valence-corrected chi connectivity index (χ0v) is 15.1. The van der Waals surface area contributed by atoms with Gasteiger partial charge in [0.25, 0.3) is 0 Å². The molecule has 0 radical (unpaired) electrons. The third-order valence-electron chi connectivity index (χ3n) is 3.92. The van der Waals surface area contributed by atoms with Crippen LogP contribution in [0.3, 0.4) is 0 Å². The summed E-state index contributed by atoms with van der Waals surface area (Å²) in [5.41, 5.74) is 0.182. The average Bonchev–Trinajstić information content (AvgIpc) is 2.81. The second-order valence-electron chi connectivity index (χ2n) is 7.69. The maximum atomic E-state index is 6.22. The molecule has 4 nitrogen and oxygen atoms in total. The zero-order chi connectivity index (χ0) is 15.9. The van der Waals surface area contributed by atoms with Gasteiger partial charge in [-0.1, -0.05) is 6.92 Å². The minimum atomic E-state index is 0.182. The van der Waals surface area contributed by atoms with Gasteiger partial charge in [0.05, 0.1) is 12.2 Å². The molecule has 0 aromatic heterocycles. The summed E-state index contributed by atoms with van der Waals surface area (Å²) in [5.74, 6) is 0. The smallest absolute Gasteiger partial charge is 0.0707 e. The normalized spacial score (nSPS) is 23.4. The van der Waals surface area contributed by atoms with Gasteiger partial charge in [0.1, 0.15) is 0 Å². The fraction of sp³-hybridized carbons (Fsp3) is 1.00. The summed E-state index contributed by atoms with van der Waals surface area (Å²) in [4.78, 5) is 4.82. The van der Waals surface area contributed by atoms with Crippen LogP contribution in [0.15, 0.2) is 0 Å². The van der Waals surface area contributed by atoms with Gasteiger partial charge in [0.15, 0.2) is 0 Å². The van der Waals surface area contributed by atoms with Crippen molar-refractivity contribution < 1.29 is 4.74 Å². The SMILES string of the molecule is CCCN(CCN(C)C)CC1CCC(CNC(C)(C)C)O1. The van der Waals surface area contributed by atoms with Crippen LogP contribution in [0.5, 0.6) is 0 Å². The van der Waals surface area contributed by atoms with Gasteiger partial charge >= 0.3 is 0 Å². The van der Waals surface area contributed by atoms with Crippen LogP contribution in [0, 0.1) is 0 Å². The van der Waals surface area contributed by atoms with Crippen LogP contribution in [0.4, 0.5) is 0 Å². The predicted octanol–water partition coefficient (Wildman–Crippen LogP) is 2.20. The van der Waals surface area contributed by atoms with Crippen molar-refractivity contribution in [2.45, 2.75) is 64.7 Å². The maximum absolute atomic E-state index is 6.22. The van der Waals surface area contributed by atoms with Crippen molar-refractivity contribution >= 4 is 0 Å². The second-order valence-corrected chi connectivity index (χ2v) is 7.69. The van der Waals surface area contributed by atoms with Gasteiger partial charge in [-0.05, 0) is 60.7 Å². The summed E-state index contributed by atoms with van der Waals surface area (Å²) in [5, 5.41) is 3.56. The molecule has 0 aromatic carbocycles. The number of nitrogens with one attached hydrogen (secondary N) is 1. The highest BCUT2D eigenvalue weighted by molar-refractivity contribution is 4.81. The molecule has 0 aliphatic carbocycles. The van der Waals surface area contributed by atoms with E-state index < -0.39 is 0 Å². The third kappa shape index (κ3) is 8.77. The molecule has 1 aliphatic heterocycles. The van der Waals surface area contributed by atoms with E-state index in [4.69, 9.17) is 4.74 Å². The van der Waals surface area contributed by atoms with E-state index in [1.165, 1.54) is 25.8 Å². The number of likely N-dealkylation sites (N-methyl/N-ethyl adjacent to an activating group) is 1. The second kappa shape index (κ2) is 9.09. The van der Waals surface area contributed by atoms with Gasteiger partial charge in [-0.2, -0.15) is 0 Å². The van der Waals surface area contributed by atoms with Crippen molar-refractivity contribution in [3.63, 3.8) is 0 Å². The first-order valence-electron chi connectivity index (χ1n) is 8.57. The lowest BCUT2D eigenvalue weighted by atomic mass is 10.1. The summed E-state index contributed by atoms with van der Waals surface area (Å²) < 4.78 is 6.22. The number of rotatable bonds is 9. The third-order valence-corrected chi connectivity index (χ3v) is 3.92. The van der Waals surface area contributed by atoms with Gasteiger partial charge in [0, 0.05) is 31.7 Å². The highest BCUT2D eigenvalue weighted by Gasteiger charge is 2.27. The molecule has 2 atom stereocenters. The Labute approximate surface area is 132 Å². The standard InChI is InChI=1S/C17H37N3O/c1-7-10-20(12-11-19(5)6)14-16-9-8-15(21-16)13-18-17(2,3)4/h15-16,18H,7-14H2,1-6H3. The Morgan fingerprint density at radius 1 is 1.05 bits per heavy atom. The molecule has 4 heteroatoms. The van der Waals surface area contributed by atoms with Crippen LogP contribution in [-0.2, 0) is 4.74 Å². The van der Waals surface area contributed by atoms with Gasteiger partial charge in [-0.25, -0.2) is 0 Å². The lowest BCUT2D eigenvalue weighted by Crippen LogP contribution is -2.41. The molecule has 21 heavy (non-hydrogen) atoms. The van der Waals surface area contributed by atoms with Crippen molar-refractivity contribution in [2.24, 2.45) is 0 Å². The lowest BCUT2D eigenvalue weighted by Gasteiger charge is -2.27. The molecule has 0 spiro atoms. The van der Waals surface area contributed by atoms with E-state index in [1.54, 1.807) is 0 Å². The Bertz CT molecular complexity index is 276. The molecule has 1 saturated heterocycles. The van der Waals surface area contributed by atoms with Crippen molar-refractivity contribution in [3.8, 4) is 0 Å². The highest BCUT2D eigenvalue weighted by atomic mass is 16.5. The molecule has 0 bridgehead atoms. The summed E-state index contributed by atoms with van der Waals surface area (Å²) in [6.45, 7) is 14.4. The monoisotopic (exact) mass is 299 g/mol. The first kappa shape index (κ1) is 18.9. The van der Waals surface area contributed by atoms with Crippen molar-refractivity contribution in [2.75, 3.05) is 46.8 Å². The average molecular weight is 300 g/mol.